The Balaban J connectivity index is 1.58. The highest BCUT2D eigenvalue weighted by Crippen LogP contribution is 2.37. The van der Waals surface area contributed by atoms with Gasteiger partial charge in [-0.3, -0.25) is 14.9 Å². The van der Waals surface area contributed by atoms with Gasteiger partial charge in [-0.1, -0.05) is 17.7 Å². The summed E-state index contributed by atoms with van der Waals surface area (Å²) in [6.45, 7) is 5.63. The normalized spacial score (nSPS) is 15.4. The zero-order chi connectivity index (χ0) is 19.8. The molecular formula is C21H19N3O3S. The number of nitrogens with one attached hydrogen (secondary N) is 2. The number of nitrogens with zero attached hydrogens (tertiary/aromatic N) is 1. The van der Waals surface area contributed by atoms with Gasteiger partial charge < -0.3 is 10.1 Å². The first-order valence-corrected chi connectivity index (χ1v) is 9.70. The maximum Gasteiger partial charge on any atom is 0.265 e. The van der Waals surface area contributed by atoms with E-state index in [1.54, 1.807) is 19.1 Å². The molecule has 2 amide bonds. The number of anilines is 2. The van der Waals surface area contributed by atoms with Crippen molar-refractivity contribution in [1.29, 1.82) is 0 Å². The molecule has 0 saturated carbocycles. The van der Waals surface area contributed by atoms with Crippen LogP contribution in [0.4, 0.5) is 10.8 Å². The molecule has 1 aliphatic heterocycles. The molecule has 2 heterocycles. The van der Waals surface area contributed by atoms with E-state index in [-0.39, 0.29) is 11.8 Å². The maximum absolute atomic E-state index is 12.4. The third-order valence-corrected chi connectivity index (χ3v) is 5.40. The Kier molecular flexibility index (Phi) is 4.60. The third-order valence-electron chi connectivity index (χ3n) is 4.51. The fourth-order valence-electron chi connectivity index (χ4n) is 2.95. The van der Waals surface area contributed by atoms with Gasteiger partial charge in [-0.2, -0.15) is 0 Å². The van der Waals surface area contributed by atoms with E-state index in [9.17, 15) is 9.59 Å². The second kappa shape index (κ2) is 7.09. The highest BCUT2D eigenvalue weighted by Gasteiger charge is 2.24. The Bertz CT molecular complexity index is 1070. The van der Waals surface area contributed by atoms with Crippen molar-refractivity contribution in [1.82, 2.24) is 4.98 Å². The molecule has 28 heavy (non-hydrogen) atoms. The number of rotatable bonds is 3. The van der Waals surface area contributed by atoms with E-state index in [4.69, 9.17) is 4.74 Å². The lowest BCUT2D eigenvalue weighted by Crippen LogP contribution is -2.34. The molecule has 0 spiro atoms. The molecule has 1 unspecified atom stereocenters. The highest BCUT2D eigenvalue weighted by molar-refractivity contribution is 7.16. The number of aryl methyl sites for hydroxylation is 2. The lowest BCUT2D eigenvalue weighted by atomic mass is 10.1. The summed E-state index contributed by atoms with van der Waals surface area (Å²) in [5, 5.41) is 6.24. The highest BCUT2D eigenvalue weighted by atomic mass is 32.1. The molecule has 1 atom stereocenters. The minimum Gasteiger partial charge on any atom is -0.479 e. The number of hydrogen-bond donors (Lipinski definition) is 2. The Hall–Kier alpha value is -3.19. The van der Waals surface area contributed by atoms with Gasteiger partial charge >= 0.3 is 0 Å². The van der Waals surface area contributed by atoms with E-state index >= 15 is 0 Å². The molecule has 2 N–H and O–H groups in total. The van der Waals surface area contributed by atoms with Crippen LogP contribution >= 0.6 is 11.3 Å². The van der Waals surface area contributed by atoms with Gasteiger partial charge in [-0.15, -0.1) is 11.3 Å². The summed E-state index contributed by atoms with van der Waals surface area (Å²) in [5.41, 5.74) is 3.92. The van der Waals surface area contributed by atoms with Crippen molar-refractivity contribution in [2.24, 2.45) is 0 Å². The number of thiazole rings is 1. The van der Waals surface area contributed by atoms with Gasteiger partial charge in [0.1, 0.15) is 5.75 Å². The monoisotopic (exact) mass is 393 g/mol. The lowest BCUT2D eigenvalue weighted by molar-refractivity contribution is -0.122. The second-order valence-corrected chi connectivity index (χ2v) is 7.91. The van der Waals surface area contributed by atoms with Gasteiger partial charge in [0.15, 0.2) is 11.2 Å². The van der Waals surface area contributed by atoms with Gasteiger partial charge in [0.05, 0.1) is 11.4 Å². The van der Waals surface area contributed by atoms with Crippen molar-refractivity contribution in [2.75, 3.05) is 10.6 Å². The topological polar surface area (TPSA) is 80.3 Å². The number of ether oxygens (including phenoxy) is 1. The number of carbonyl (C=O) groups is 2. The van der Waals surface area contributed by atoms with E-state index in [1.165, 1.54) is 11.3 Å². The van der Waals surface area contributed by atoms with Crippen molar-refractivity contribution < 1.29 is 14.3 Å². The first-order chi connectivity index (χ1) is 13.4. The van der Waals surface area contributed by atoms with E-state index in [2.05, 4.69) is 15.6 Å². The molecule has 6 nitrogen and oxygen atoms in total. The molecule has 3 aromatic rings. The summed E-state index contributed by atoms with van der Waals surface area (Å²) in [5.74, 6) is 0.266. The van der Waals surface area contributed by atoms with Crippen LogP contribution in [0.5, 0.6) is 5.75 Å². The van der Waals surface area contributed by atoms with Crippen molar-refractivity contribution in [3.8, 4) is 17.0 Å². The van der Waals surface area contributed by atoms with E-state index < -0.39 is 6.10 Å². The molecule has 0 bridgehead atoms. The van der Waals surface area contributed by atoms with Crippen LogP contribution in [0.3, 0.4) is 0 Å². The zero-order valence-corrected chi connectivity index (χ0v) is 16.5. The second-order valence-electron chi connectivity index (χ2n) is 6.70. The number of aromatic nitrogens is 1. The van der Waals surface area contributed by atoms with Crippen LogP contribution in [-0.2, 0) is 4.79 Å². The zero-order valence-electron chi connectivity index (χ0n) is 15.7. The molecule has 1 aliphatic rings. The SMILES string of the molecule is Cc1ccc(C(=O)Nc2nc(-c3ccc4c(c3)NC(=O)C(C)O4)c(C)s2)cc1. The van der Waals surface area contributed by atoms with Crippen molar-refractivity contribution in [3.63, 3.8) is 0 Å². The lowest BCUT2D eigenvalue weighted by Gasteiger charge is -2.23. The molecular weight excluding hydrogens is 374 g/mol. The van der Waals surface area contributed by atoms with Crippen LogP contribution in [0, 0.1) is 13.8 Å². The van der Waals surface area contributed by atoms with Gasteiger partial charge in [0, 0.05) is 16.0 Å². The van der Waals surface area contributed by atoms with Crippen molar-refractivity contribution >= 4 is 34.0 Å². The van der Waals surface area contributed by atoms with Crippen LogP contribution in [0.25, 0.3) is 11.3 Å². The third kappa shape index (κ3) is 3.48. The Morgan fingerprint density at radius 3 is 2.68 bits per heavy atom. The average molecular weight is 393 g/mol. The first kappa shape index (κ1) is 18.2. The van der Waals surface area contributed by atoms with Crippen molar-refractivity contribution in [2.45, 2.75) is 26.9 Å². The molecule has 1 aromatic heterocycles. The minimum absolute atomic E-state index is 0.175. The molecule has 2 aromatic carbocycles. The smallest absolute Gasteiger partial charge is 0.265 e. The number of amides is 2. The van der Waals surface area contributed by atoms with E-state index in [0.717, 1.165) is 21.7 Å². The Morgan fingerprint density at radius 2 is 1.93 bits per heavy atom. The first-order valence-electron chi connectivity index (χ1n) is 8.88. The molecule has 0 fully saturated rings. The summed E-state index contributed by atoms with van der Waals surface area (Å²) >= 11 is 1.41. The number of benzene rings is 2. The molecule has 0 radical (unpaired) electrons. The summed E-state index contributed by atoms with van der Waals surface area (Å²) in [7, 11) is 0. The fourth-order valence-corrected chi connectivity index (χ4v) is 3.78. The predicted molar refractivity (Wildman–Crippen MR) is 110 cm³/mol. The van der Waals surface area contributed by atoms with Gasteiger partial charge in [-0.05, 0) is 51.1 Å². The van der Waals surface area contributed by atoms with Gasteiger partial charge in [-0.25, -0.2) is 4.98 Å². The van der Waals surface area contributed by atoms with Crippen molar-refractivity contribution in [3.05, 3.63) is 58.5 Å². The van der Waals surface area contributed by atoms with Crippen LogP contribution < -0.4 is 15.4 Å². The fraction of sp³-hybridized carbons (Fsp3) is 0.190. The minimum atomic E-state index is -0.511. The summed E-state index contributed by atoms with van der Waals surface area (Å²) in [6, 6.07) is 12.9. The largest absolute Gasteiger partial charge is 0.479 e. The number of carbonyl (C=O) groups excluding carboxylic acids is 2. The molecule has 0 aliphatic carbocycles. The number of fused-ring (bicyclic) bond motifs is 1. The molecule has 7 heteroatoms. The van der Waals surface area contributed by atoms with Gasteiger partial charge in [0.2, 0.25) is 0 Å². The van der Waals surface area contributed by atoms with E-state index in [1.807, 2.05) is 44.2 Å². The van der Waals surface area contributed by atoms with E-state index in [0.29, 0.717) is 22.1 Å². The average Bonchev–Trinajstić information content (AvgIpc) is 3.03. The summed E-state index contributed by atoms with van der Waals surface area (Å²) in [4.78, 5) is 29.8. The van der Waals surface area contributed by atoms with Crippen LogP contribution in [0.1, 0.15) is 27.7 Å². The van der Waals surface area contributed by atoms with Crippen LogP contribution in [0.15, 0.2) is 42.5 Å². The predicted octanol–water partition coefficient (Wildman–Crippen LogP) is 4.40. The maximum atomic E-state index is 12.4. The number of hydrogen-bond acceptors (Lipinski definition) is 5. The quantitative estimate of drug-likeness (QED) is 0.691. The Labute approximate surface area is 166 Å². The van der Waals surface area contributed by atoms with Crippen LogP contribution in [0.2, 0.25) is 0 Å². The van der Waals surface area contributed by atoms with Gasteiger partial charge in [0.25, 0.3) is 11.8 Å². The molecule has 0 saturated heterocycles. The Morgan fingerprint density at radius 1 is 1.18 bits per heavy atom. The molecule has 4 rings (SSSR count). The standard InChI is InChI=1S/C21H19N3O3S/c1-11-4-6-14(7-5-11)20(26)24-21-23-18(13(3)28-21)15-8-9-17-16(10-15)22-19(25)12(2)27-17/h4-10,12H,1-3H3,(H,22,25)(H,23,24,26). The summed E-state index contributed by atoms with van der Waals surface area (Å²) < 4.78 is 5.59. The van der Waals surface area contributed by atoms with Crippen LogP contribution in [-0.4, -0.2) is 22.9 Å². The summed E-state index contributed by atoms with van der Waals surface area (Å²) in [6.07, 6.45) is -0.511. The molecule has 142 valence electrons.